The zero-order valence-electron chi connectivity index (χ0n) is 15.0. The zero-order chi connectivity index (χ0) is 17.6. The standard InChI is InChI=1S/C18H30N4O2/c1-4-20-17(21-11-14-6-7-15(24-14)16(19)23)22-12-18(8-5-9-18)10-13(2)3/h6-7,13H,4-5,8-12H2,1-3H3,(H2,19,23)(H2,20,21,22). The lowest BCUT2D eigenvalue weighted by atomic mass is 9.64. The van der Waals surface area contributed by atoms with Crippen molar-refractivity contribution in [1.82, 2.24) is 10.6 Å². The van der Waals surface area contributed by atoms with Gasteiger partial charge in [-0.25, -0.2) is 4.99 Å². The molecule has 0 aliphatic heterocycles. The number of nitrogens with one attached hydrogen (secondary N) is 2. The van der Waals surface area contributed by atoms with Crippen molar-refractivity contribution in [1.29, 1.82) is 0 Å². The zero-order valence-corrected chi connectivity index (χ0v) is 15.0. The Hall–Kier alpha value is -1.98. The van der Waals surface area contributed by atoms with Crippen LogP contribution in [-0.2, 0) is 6.54 Å². The molecule has 1 aromatic rings. The van der Waals surface area contributed by atoms with Gasteiger partial charge in [-0.05, 0) is 49.7 Å². The summed E-state index contributed by atoms with van der Waals surface area (Å²) in [4.78, 5) is 15.6. The molecular formula is C18H30N4O2. The van der Waals surface area contributed by atoms with Crippen molar-refractivity contribution in [2.24, 2.45) is 22.1 Å². The molecule has 4 N–H and O–H groups in total. The smallest absolute Gasteiger partial charge is 0.284 e. The van der Waals surface area contributed by atoms with Crippen LogP contribution in [0.4, 0.5) is 0 Å². The second-order valence-corrected chi connectivity index (χ2v) is 7.13. The van der Waals surface area contributed by atoms with E-state index in [1.165, 1.54) is 25.7 Å². The first-order valence-electron chi connectivity index (χ1n) is 8.85. The number of carbonyl (C=O) groups is 1. The van der Waals surface area contributed by atoms with Gasteiger partial charge in [-0.2, -0.15) is 0 Å². The molecule has 1 heterocycles. The number of aliphatic imine (C=N–C) groups is 1. The van der Waals surface area contributed by atoms with Crippen LogP contribution in [-0.4, -0.2) is 25.0 Å². The van der Waals surface area contributed by atoms with E-state index in [4.69, 9.17) is 10.2 Å². The lowest BCUT2D eigenvalue weighted by Crippen LogP contribution is -2.47. The summed E-state index contributed by atoms with van der Waals surface area (Å²) in [5.41, 5.74) is 5.61. The van der Waals surface area contributed by atoms with E-state index >= 15 is 0 Å². The first kappa shape index (κ1) is 18.4. The summed E-state index contributed by atoms with van der Waals surface area (Å²) in [6.45, 7) is 8.73. The normalized spacial score (nSPS) is 16.8. The van der Waals surface area contributed by atoms with Crippen LogP contribution in [0.15, 0.2) is 21.5 Å². The topological polar surface area (TPSA) is 92.6 Å². The third-order valence-corrected chi connectivity index (χ3v) is 4.53. The van der Waals surface area contributed by atoms with Crippen molar-refractivity contribution in [2.45, 2.75) is 53.0 Å². The van der Waals surface area contributed by atoms with Gasteiger partial charge in [0.05, 0.1) is 0 Å². The summed E-state index contributed by atoms with van der Waals surface area (Å²) in [7, 11) is 0. The van der Waals surface area contributed by atoms with E-state index in [0.717, 1.165) is 19.0 Å². The van der Waals surface area contributed by atoms with Crippen LogP contribution in [0, 0.1) is 11.3 Å². The number of rotatable bonds is 8. The van der Waals surface area contributed by atoms with Gasteiger partial charge in [0.2, 0.25) is 0 Å². The molecule has 2 rings (SSSR count). The highest BCUT2D eigenvalue weighted by atomic mass is 16.3. The second kappa shape index (κ2) is 8.22. The number of hydrogen-bond donors (Lipinski definition) is 3. The third kappa shape index (κ3) is 5.01. The number of furan rings is 1. The number of nitrogens with two attached hydrogens (primary N) is 1. The molecule has 1 amide bonds. The Morgan fingerprint density at radius 1 is 1.38 bits per heavy atom. The Bertz CT molecular complexity index is 573. The molecule has 0 aromatic carbocycles. The molecule has 6 nitrogen and oxygen atoms in total. The van der Waals surface area contributed by atoms with Gasteiger partial charge in [0.15, 0.2) is 11.7 Å². The summed E-state index contributed by atoms with van der Waals surface area (Å²) in [6, 6.07) is 3.32. The summed E-state index contributed by atoms with van der Waals surface area (Å²) < 4.78 is 5.37. The molecule has 24 heavy (non-hydrogen) atoms. The molecule has 1 aliphatic carbocycles. The molecule has 0 spiro atoms. The van der Waals surface area contributed by atoms with Gasteiger partial charge in [0.1, 0.15) is 12.3 Å². The van der Waals surface area contributed by atoms with Gasteiger partial charge < -0.3 is 20.8 Å². The van der Waals surface area contributed by atoms with Crippen molar-refractivity contribution < 1.29 is 9.21 Å². The molecule has 1 aliphatic rings. The molecule has 0 radical (unpaired) electrons. The van der Waals surface area contributed by atoms with Gasteiger partial charge >= 0.3 is 0 Å². The van der Waals surface area contributed by atoms with Crippen LogP contribution in [0.2, 0.25) is 0 Å². The highest BCUT2D eigenvalue weighted by Gasteiger charge is 2.37. The largest absolute Gasteiger partial charge is 0.454 e. The van der Waals surface area contributed by atoms with Crippen LogP contribution < -0.4 is 16.4 Å². The van der Waals surface area contributed by atoms with E-state index in [-0.39, 0.29) is 5.76 Å². The number of nitrogens with zero attached hydrogens (tertiary/aromatic N) is 1. The second-order valence-electron chi connectivity index (χ2n) is 7.13. The fourth-order valence-electron chi connectivity index (χ4n) is 3.36. The number of primary amides is 1. The van der Waals surface area contributed by atoms with E-state index < -0.39 is 5.91 Å². The Balaban J connectivity index is 1.93. The maximum Gasteiger partial charge on any atom is 0.284 e. The predicted molar refractivity (Wildman–Crippen MR) is 95.8 cm³/mol. The Labute approximate surface area is 144 Å². The molecule has 0 bridgehead atoms. The monoisotopic (exact) mass is 334 g/mol. The van der Waals surface area contributed by atoms with Gasteiger partial charge in [-0.3, -0.25) is 4.79 Å². The van der Waals surface area contributed by atoms with Crippen LogP contribution in [0.1, 0.15) is 62.8 Å². The summed E-state index contributed by atoms with van der Waals surface area (Å²) in [5, 5.41) is 6.74. The lowest BCUT2D eigenvalue weighted by Gasteiger charge is -2.43. The van der Waals surface area contributed by atoms with Gasteiger partial charge in [-0.1, -0.05) is 20.3 Å². The van der Waals surface area contributed by atoms with E-state index in [2.05, 4.69) is 29.5 Å². The minimum Gasteiger partial charge on any atom is -0.454 e. The van der Waals surface area contributed by atoms with Crippen molar-refractivity contribution in [3.8, 4) is 0 Å². The maximum absolute atomic E-state index is 11.1. The minimum atomic E-state index is -0.559. The van der Waals surface area contributed by atoms with Gasteiger partial charge in [0.25, 0.3) is 5.91 Å². The third-order valence-electron chi connectivity index (χ3n) is 4.53. The molecular weight excluding hydrogens is 304 g/mol. The molecule has 134 valence electrons. The lowest BCUT2D eigenvalue weighted by molar-refractivity contribution is 0.0972. The van der Waals surface area contributed by atoms with Crippen LogP contribution >= 0.6 is 0 Å². The fraction of sp³-hybridized carbons (Fsp3) is 0.667. The van der Waals surface area contributed by atoms with E-state index in [9.17, 15) is 4.79 Å². The molecule has 1 fully saturated rings. The molecule has 1 aromatic heterocycles. The number of hydrogen-bond acceptors (Lipinski definition) is 3. The van der Waals surface area contributed by atoms with Crippen LogP contribution in [0.25, 0.3) is 0 Å². The van der Waals surface area contributed by atoms with Crippen molar-refractivity contribution in [3.05, 3.63) is 23.7 Å². The van der Waals surface area contributed by atoms with Crippen molar-refractivity contribution in [3.63, 3.8) is 0 Å². The molecule has 0 atom stereocenters. The van der Waals surface area contributed by atoms with Crippen LogP contribution in [0.3, 0.4) is 0 Å². The first-order valence-corrected chi connectivity index (χ1v) is 8.85. The average molecular weight is 334 g/mol. The summed E-state index contributed by atoms with van der Waals surface area (Å²) in [5.74, 6) is 1.73. The SMILES string of the molecule is CCNC(=NCc1ccc(C(N)=O)o1)NCC1(CC(C)C)CCC1. The summed E-state index contributed by atoms with van der Waals surface area (Å²) in [6.07, 6.45) is 5.15. The van der Waals surface area contributed by atoms with Gasteiger partial charge in [0, 0.05) is 13.1 Å². The quantitative estimate of drug-likeness (QED) is 0.503. The maximum atomic E-state index is 11.1. The highest BCUT2D eigenvalue weighted by Crippen LogP contribution is 2.45. The highest BCUT2D eigenvalue weighted by molar-refractivity contribution is 5.89. The Morgan fingerprint density at radius 2 is 2.12 bits per heavy atom. The molecule has 1 saturated carbocycles. The summed E-state index contributed by atoms with van der Waals surface area (Å²) >= 11 is 0. The minimum absolute atomic E-state index is 0.170. The van der Waals surface area contributed by atoms with Crippen molar-refractivity contribution in [2.75, 3.05) is 13.1 Å². The molecule has 0 saturated heterocycles. The number of guanidine groups is 1. The fourth-order valence-corrected chi connectivity index (χ4v) is 3.36. The van der Waals surface area contributed by atoms with Crippen LogP contribution in [0.5, 0.6) is 0 Å². The van der Waals surface area contributed by atoms with E-state index in [1.807, 2.05) is 6.92 Å². The van der Waals surface area contributed by atoms with E-state index in [0.29, 0.717) is 23.6 Å². The number of amides is 1. The van der Waals surface area contributed by atoms with Gasteiger partial charge in [-0.15, -0.1) is 0 Å². The molecule has 0 unspecified atom stereocenters. The average Bonchev–Trinajstić information content (AvgIpc) is 2.95. The van der Waals surface area contributed by atoms with E-state index in [1.54, 1.807) is 12.1 Å². The number of carbonyl (C=O) groups excluding carboxylic acids is 1. The molecule has 6 heteroatoms. The Kier molecular flexibility index (Phi) is 6.29. The Morgan fingerprint density at radius 3 is 2.62 bits per heavy atom. The van der Waals surface area contributed by atoms with Crippen molar-refractivity contribution >= 4 is 11.9 Å². The predicted octanol–water partition coefficient (Wildman–Crippen LogP) is 2.65. The first-order chi connectivity index (χ1) is 11.4.